The third-order valence-corrected chi connectivity index (χ3v) is 4.76. The summed E-state index contributed by atoms with van der Waals surface area (Å²) in [5.74, 6) is 0. The smallest absolute Gasteiger partial charge is 0.241 e. The fourth-order valence-electron chi connectivity index (χ4n) is 1.91. The zero-order valence-corrected chi connectivity index (χ0v) is 14.0. The molecule has 0 saturated carbocycles. The first kappa shape index (κ1) is 18.1. The summed E-state index contributed by atoms with van der Waals surface area (Å²) in [6, 6.07) is 7.21. The molecule has 0 amide bonds. The Kier molecular flexibility index (Phi) is 7.31. The lowest BCUT2D eigenvalue weighted by Crippen LogP contribution is -2.34. The maximum absolute atomic E-state index is 12.5. The summed E-state index contributed by atoms with van der Waals surface area (Å²) >= 11 is 0. The summed E-state index contributed by atoms with van der Waals surface area (Å²) in [5, 5.41) is 3.25. The molecule has 0 heterocycles. The van der Waals surface area contributed by atoms with E-state index in [1.54, 1.807) is 19.2 Å². The van der Waals surface area contributed by atoms with Crippen LogP contribution in [0.25, 0.3) is 0 Å². The van der Waals surface area contributed by atoms with Crippen molar-refractivity contribution in [2.75, 3.05) is 13.7 Å². The molecule has 1 unspecified atom stereocenters. The van der Waals surface area contributed by atoms with Crippen molar-refractivity contribution in [3.8, 4) is 0 Å². The first-order chi connectivity index (χ1) is 9.86. The first-order valence-electron chi connectivity index (χ1n) is 7.19. The van der Waals surface area contributed by atoms with Gasteiger partial charge in [-0.1, -0.05) is 32.0 Å². The molecular formula is C15H26N2O3S. The monoisotopic (exact) mass is 314 g/mol. The molecule has 1 atom stereocenters. The SMILES string of the molecule is COCCC(C)NS(=O)(=O)c1ccccc1CNC(C)C. The van der Waals surface area contributed by atoms with Crippen LogP contribution in [0.2, 0.25) is 0 Å². The average molecular weight is 314 g/mol. The fraction of sp³-hybridized carbons (Fsp3) is 0.600. The van der Waals surface area contributed by atoms with Gasteiger partial charge in [-0.05, 0) is 25.0 Å². The number of sulfonamides is 1. The minimum atomic E-state index is -3.51. The van der Waals surface area contributed by atoms with Gasteiger partial charge in [-0.3, -0.25) is 0 Å². The maximum atomic E-state index is 12.5. The van der Waals surface area contributed by atoms with E-state index in [0.29, 0.717) is 30.5 Å². The minimum Gasteiger partial charge on any atom is -0.385 e. The normalized spacial score (nSPS) is 13.6. The van der Waals surface area contributed by atoms with Gasteiger partial charge >= 0.3 is 0 Å². The first-order valence-corrected chi connectivity index (χ1v) is 8.67. The van der Waals surface area contributed by atoms with E-state index >= 15 is 0 Å². The molecule has 0 radical (unpaired) electrons. The number of rotatable bonds is 9. The predicted molar refractivity (Wildman–Crippen MR) is 84.7 cm³/mol. The van der Waals surface area contributed by atoms with E-state index in [0.717, 1.165) is 5.56 Å². The quantitative estimate of drug-likeness (QED) is 0.730. The largest absolute Gasteiger partial charge is 0.385 e. The van der Waals surface area contributed by atoms with Crippen LogP contribution in [0.5, 0.6) is 0 Å². The highest BCUT2D eigenvalue weighted by molar-refractivity contribution is 7.89. The molecule has 0 aliphatic heterocycles. The Balaban J connectivity index is 2.87. The second kappa shape index (κ2) is 8.48. The number of benzene rings is 1. The summed E-state index contributed by atoms with van der Waals surface area (Å²) in [7, 11) is -1.91. The molecule has 0 spiro atoms. The molecule has 1 aromatic carbocycles. The lowest BCUT2D eigenvalue weighted by Gasteiger charge is -2.17. The third-order valence-electron chi connectivity index (χ3n) is 3.07. The highest BCUT2D eigenvalue weighted by atomic mass is 32.2. The van der Waals surface area contributed by atoms with Gasteiger partial charge in [0, 0.05) is 32.3 Å². The van der Waals surface area contributed by atoms with Crippen molar-refractivity contribution in [3.05, 3.63) is 29.8 Å². The predicted octanol–water partition coefficient (Wildman–Crippen LogP) is 1.89. The number of nitrogens with one attached hydrogen (secondary N) is 2. The molecule has 0 saturated heterocycles. The maximum Gasteiger partial charge on any atom is 0.241 e. The van der Waals surface area contributed by atoms with Crippen LogP contribution in [0.15, 0.2) is 29.2 Å². The third kappa shape index (κ3) is 6.13. The summed E-state index contributed by atoms with van der Waals surface area (Å²) < 4.78 is 32.7. The van der Waals surface area contributed by atoms with Crippen LogP contribution >= 0.6 is 0 Å². The van der Waals surface area contributed by atoms with Gasteiger partial charge in [0.15, 0.2) is 0 Å². The van der Waals surface area contributed by atoms with Gasteiger partial charge in [-0.15, -0.1) is 0 Å². The van der Waals surface area contributed by atoms with Gasteiger partial charge in [0.05, 0.1) is 4.90 Å². The summed E-state index contributed by atoms with van der Waals surface area (Å²) in [6.45, 7) is 6.96. The Hall–Kier alpha value is -0.950. The van der Waals surface area contributed by atoms with Crippen molar-refractivity contribution >= 4 is 10.0 Å². The molecule has 0 bridgehead atoms. The zero-order valence-electron chi connectivity index (χ0n) is 13.2. The van der Waals surface area contributed by atoms with Crippen LogP contribution < -0.4 is 10.0 Å². The van der Waals surface area contributed by atoms with Crippen molar-refractivity contribution in [1.29, 1.82) is 0 Å². The molecule has 2 N–H and O–H groups in total. The highest BCUT2D eigenvalue weighted by Gasteiger charge is 2.20. The molecule has 0 fully saturated rings. The Morgan fingerprint density at radius 1 is 1.19 bits per heavy atom. The van der Waals surface area contributed by atoms with E-state index < -0.39 is 10.0 Å². The number of methoxy groups -OCH3 is 1. The van der Waals surface area contributed by atoms with E-state index in [1.165, 1.54) is 0 Å². The summed E-state index contributed by atoms with van der Waals surface area (Å²) in [6.07, 6.45) is 0.641. The van der Waals surface area contributed by atoms with E-state index in [1.807, 2.05) is 32.9 Å². The van der Waals surface area contributed by atoms with Crippen LogP contribution in [-0.4, -0.2) is 34.2 Å². The molecule has 21 heavy (non-hydrogen) atoms. The Morgan fingerprint density at radius 3 is 2.48 bits per heavy atom. The van der Waals surface area contributed by atoms with Gasteiger partial charge in [-0.25, -0.2) is 13.1 Å². The van der Waals surface area contributed by atoms with Crippen LogP contribution in [0.1, 0.15) is 32.8 Å². The van der Waals surface area contributed by atoms with Gasteiger partial charge < -0.3 is 10.1 Å². The molecule has 0 aromatic heterocycles. The van der Waals surface area contributed by atoms with E-state index in [4.69, 9.17) is 4.74 Å². The van der Waals surface area contributed by atoms with Crippen LogP contribution in [0.4, 0.5) is 0 Å². The molecule has 5 nitrogen and oxygen atoms in total. The second-order valence-electron chi connectivity index (χ2n) is 5.45. The van der Waals surface area contributed by atoms with E-state index in [9.17, 15) is 8.42 Å². The van der Waals surface area contributed by atoms with E-state index in [-0.39, 0.29) is 6.04 Å². The molecule has 0 aliphatic carbocycles. The minimum absolute atomic E-state index is 0.166. The van der Waals surface area contributed by atoms with Gasteiger partial charge in [0.1, 0.15) is 0 Å². The van der Waals surface area contributed by atoms with Crippen molar-refractivity contribution in [1.82, 2.24) is 10.0 Å². The average Bonchev–Trinajstić information content (AvgIpc) is 2.42. The molecule has 1 rings (SSSR count). The van der Waals surface area contributed by atoms with Crippen LogP contribution in [0, 0.1) is 0 Å². The molecule has 120 valence electrons. The number of ether oxygens (including phenoxy) is 1. The molecular weight excluding hydrogens is 288 g/mol. The van der Waals surface area contributed by atoms with Crippen molar-refractivity contribution in [3.63, 3.8) is 0 Å². The Morgan fingerprint density at radius 2 is 1.86 bits per heavy atom. The highest BCUT2D eigenvalue weighted by Crippen LogP contribution is 2.16. The van der Waals surface area contributed by atoms with Crippen molar-refractivity contribution in [2.24, 2.45) is 0 Å². The second-order valence-corrected chi connectivity index (χ2v) is 7.13. The number of hydrogen-bond acceptors (Lipinski definition) is 4. The lowest BCUT2D eigenvalue weighted by atomic mass is 10.2. The fourth-order valence-corrected chi connectivity index (χ4v) is 3.43. The van der Waals surface area contributed by atoms with Crippen molar-refractivity contribution < 1.29 is 13.2 Å². The molecule has 6 heteroatoms. The molecule has 0 aliphatic rings. The summed E-state index contributed by atoms with van der Waals surface area (Å²) in [5.41, 5.74) is 0.776. The number of hydrogen-bond donors (Lipinski definition) is 2. The molecule has 1 aromatic rings. The Bertz CT molecular complexity index is 529. The lowest BCUT2D eigenvalue weighted by molar-refractivity contribution is 0.188. The zero-order chi connectivity index (χ0) is 15.9. The van der Waals surface area contributed by atoms with Gasteiger partial charge in [0.2, 0.25) is 10.0 Å². The van der Waals surface area contributed by atoms with Gasteiger partial charge in [0.25, 0.3) is 0 Å². The van der Waals surface area contributed by atoms with Crippen LogP contribution in [0.3, 0.4) is 0 Å². The van der Waals surface area contributed by atoms with Gasteiger partial charge in [-0.2, -0.15) is 0 Å². The Labute approximate surface area is 128 Å². The van der Waals surface area contributed by atoms with E-state index in [2.05, 4.69) is 10.0 Å². The van der Waals surface area contributed by atoms with Crippen molar-refractivity contribution in [2.45, 2.75) is 50.7 Å². The standard InChI is InChI=1S/C15H26N2O3S/c1-12(2)16-11-14-7-5-6-8-15(14)21(18,19)17-13(3)9-10-20-4/h5-8,12-13,16-17H,9-11H2,1-4H3. The summed E-state index contributed by atoms with van der Waals surface area (Å²) in [4.78, 5) is 0.336. The van der Waals surface area contributed by atoms with Crippen LogP contribution in [-0.2, 0) is 21.3 Å². The topological polar surface area (TPSA) is 67.4 Å².